The summed E-state index contributed by atoms with van der Waals surface area (Å²) in [5, 5.41) is 15.7. The summed E-state index contributed by atoms with van der Waals surface area (Å²) >= 11 is 0. The van der Waals surface area contributed by atoms with E-state index < -0.39 is 10.9 Å². The maximum atomic E-state index is 12.4. The van der Waals surface area contributed by atoms with Crippen molar-refractivity contribution in [3.63, 3.8) is 0 Å². The lowest BCUT2D eigenvalue weighted by Crippen LogP contribution is -2.10. The Labute approximate surface area is 190 Å². The van der Waals surface area contributed by atoms with Gasteiger partial charge in [0.1, 0.15) is 0 Å². The number of aromatic nitrogens is 2. The molecule has 2 aromatic heterocycles. The van der Waals surface area contributed by atoms with Crippen molar-refractivity contribution < 1.29 is 14.5 Å². The van der Waals surface area contributed by atoms with Gasteiger partial charge in [-0.2, -0.15) is 0 Å². The molecule has 0 saturated carbocycles. The number of para-hydroxylation sites is 1. The molecule has 33 heavy (non-hydrogen) atoms. The first kappa shape index (κ1) is 21.9. The molecule has 0 fully saturated rings. The molecular weight excluding hydrogens is 420 g/mol. The third-order valence-electron chi connectivity index (χ3n) is 5.33. The average molecular weight is 442 g/mol. The topological polar surface area (TPSA) is 107 Å². The molecule has 2 aromatic carbocycles. The first-order chi connectivity index (χ1) is 15.9. The van der Waals surface area contributed by atoms with E-state index >= 15 is 0 Å². The highest BCUT2D eigenvalue weighted by Gasteiger charge is 2.21. The van der Waals surface area contributed by atoms with Crippen molar-refractivity contribution >= 4 is 28.4 Å². The second-order valence-corrected chi connectivity index (χ2v) is 7.61. The lowest BCUT2D eigenvalue weighted by atomic mass is 9.98. The van der Waals surface area contributed by atoms with Crippen LogP contribution in [0, 0.1) is 24.0 Å². The number of hydrogen-bond acceptors (Lipinski definition) is 7. The van der Waals surface area contributed by atoms with E-state index in [0.717, 1.165) is 16.5 Å². The lowest BCUT2D eigenvalue weighted by molar-refractivity contribution is -0.384. The summed E-state index contributed by atoms with van der Waals surface area (Å²) in [6.07, 6.45) is 0. The summed E-state index contributed by atoms with van der Waals surface area (Å²) in [5.41, 5.74) is 4.28. The zero-order valence-corrected chi connectivity index (χ0v) is 18.5. The van der Waals surface area contributed by atoms with E-state index in [2.05, 4.69) is 10.3 Å². The molecule has 0 bridgehead atoms. The number of aryl methyl sites for hydroxylation is 2. The Balaban J connectivity index is 1.84. The van der Waals surface area contributed by atoms with Gasteiger partial charge in [-0.15, -0.1) is 0 Å². The highest BCUT2D eigenvalue weighted by Crippen LogP contribution is 2.31. The van der Waals surface area contributed by atoms with Crippen LogP contribution < -0.4 is 5.32 Å². The molecule has 0 aliphatic rings. The Morgan fingerprint density at radius 3 is 2.55 bits per heavy atom. The number of fused-ring (bicyclic) bond motifs is 1. The van der Waals surface area contributed by atoms with E-state index in [-0.39, 0.29) is 18.1 Å². The molecule has 8 heteroatoms. The number of methoxy groups -OCH3 is 1. The van der Waals surface area contributed by atoms with Crippen LogP contribution in [0.4, 0.5) is 11.5 Å². The van der Waals surface area contributed by atoms with E-state index in [1.807, 2.05) is 42.5 Å². The van der Waals surface area contributed by atoms with Crippen LogP contribution in [-0.4, -0.2) is 28.0 Å². The van der Waals surface area contributed by atoms with Crippen molar-refractivity contribution in [3.8, 4) is 11.3 Å². The molecule has 0 amide bonds. The Bertz CT molecular complexity index is 1380. The summed E-state index contributed by atoms with van der Waals surface area (Å²) in [7, 11) is 1.33. The van der Waals surface area contributed by atoms with Gasteiger partial charge >= 0.3 is 11.7 Å². The molecule has 0 aliphatic carbocycles. The molecule has 1 N–H and O–H groups in total. The van der Waals surface area contributed by atoms with Gasteiger partial charge in [0.15, 0.2) is 0 Å². The van der Waals surface area contributed by atoms with Crippen LogP contribution in [-0.2, 0) is 11.3 Å². The predicted molar refractivity (Wildman–Crippen MR) is 126 cm³/mol. The standard InChI is InChI=1S/C25H22N4O4/c1-15-12-16(2)27-24(23(15)29(31)32)26-14-18-13-17-8-4-7-11-21(17)28-22(18)19-9-5-6-10-20(19)25(30)33-3/h4-13H,14H2,1-3H3,(H,26,27). The summed E-state index contributed by atoms with van der Waals surface area (Å²) in [5.74, 6) is -0.274. The van der Waals surface area contributed by atoms with Gasteiger partial charge in [0.2, 0.25) is 5.82 Å². The number of esters is 1. The molecule has 0 atom stereocenters. The molecule has 8 nitrogen and oxygen atoms in total. The normalized spacial score (nSPS) is 10.8. The minimum absolute atomic E-state index is 0.0640. The van der Waals surface area contributed by atoms with Crippen molar-refractivity contribution in [2.45, 2.75) is 20.4 Å². The van der Waals surface area contributed by atoms with Gasteiger partial charge < -0.3 is 10.1 Å². The molecule has 2 heterocycles. The number of nitro groups is 1. The number of anilines is 1. The van der Waals surface area contributed by atoms with E-state index in [1.165, 1.54) is 7.11 Å². The number of rotatable bonds is 6. The predicted octanol–water partition coefficient (Wildman–Crippen LogP) is 5.22. The van der Waals surface area contributed by atoms with Gasteiger partial charge in [0.25, 0.3) is 0 Å². The first-order valence-electron chi connectivity index (χ1n) is 10.3. The Morgan fingerprint density at radius 2 is 1.79 bits per heavy atom. The fourth-order valence-corrected chi connectivity index (χ4v) is 3.87. The number of pyridine rings is 2. The Hall–Kier alpha value is -4.33. The van der Waals surface area contributed by atoms with Crippen LogP contribution in [0.25, 0.3) is 22.2 Å². The van der Waals surface area contributed by atoms with Crippen molar-refractivity contribution in [2.24, 2.45) is 0 Å². The van der Waals surface area contributed by atoms with Crippen molar-refractivity contribution in [1.29, 1.82) is 0 Å². The molecule has 0 radical (unpaired) electrons. The van der Waals surface area contributed by atoms with Gasteiger partial charge in [-0.05, 0) is 43.7 Å². The van der Waals surface area contributed by atoms with Gasteiger partial charge in [0.05, 0.1) is 28.8 Å². The molecular formula is C25H22N4O4. The number of carbonyl (C=O) groups is 1. The fourth-order valence-electron chi connectivity index (χ4n) is 3.87. The number of hydrogen-bond donors (Lipinski definition) is 1. The first-order valence-corrected chi connectivity index (χ1v) is 10.3. The SMILES string of the molecule is COC(=O)c1ccccc1-c1nc2ccccc2cc1CNc1nc(C)cc(C)c1[N+](=O)[O-]. The minimum atomic E-state index is -0.467. The number of nitrogens with one attached hydrogen (secondary N) is 1. The quantitative estimate of drug-likeness (QED) is 0.248. The van der Waals surface area contributed by atoms with Crippen LogP contribution in [0.2, 0.25) is 0 Å². The second kappa shape index (κ2) is 9.04. The minimum Gasteiger partial charge on any atom is -0.465 e. The largest absolute Gasteiger partial charge is 0.465 e. The average Bonchev–Trinajstić information content (AvgIpc) is 2.80. The molecule has 0 spiro atoms. The molecule has 0 saturated heterocycles. The second-order valence-electron chi connectivity index (χ2n) is 7.61. The van der Waals surface area contributed by atoms with Crippen LogP contribution in [0.5, 0.6) is 0 Å². The highest BCUT2D eigenvalue weighted by molar-refractivity contribution is 5.98. The van der Waals surface area contributed by atoms with Gasteiger partial charge in [-0.25, -0.2) is 14.8 Å². The Kier molecular flexibility index (Phi) is 5.99. The zero-order chi connectivity index (χ0) is 23.5. The van der Waals surface area contributed by atoms with Crippen LogP contribution in [0.1, 0.15) is 27.2 Å². The molecule has 4 aromatic rings. The molecule has 0 aliphatic heterocycles. The highest BCUT2D eigenvalue weighted by atomic mass is 16.6. The van der Waals surface area contributed by atoms with E-state index in [1.54, 1.807) is 32.0 Å². The monoisotopic (exact) mass is 442 g/mol. The molecule has 166 valence electrons. The summed E-state index contributed by atoms with van der Waals surface area (Å²) < 4.78 is 4.96. The molecule has 4 rings (SSSR count). The number of carbonyl (C=O) groups excluding carboxylic acids is 1. The number of nitrogens with zero attached hydrogens (tertiary/aromatic N) is 3. The van der Waals surface area contributed by atoms with E-state index in [0.29, 0.717) is 28.1 Å². The maximum absolute atomic E-state index is 12.4. The van der Waals surface area contributed by atoms with Crippen molar-refractivity contribution in [3.05, 3.63) is 93.2 Å². The van der Waals surface area contributed by atoms with Crippen LogP contribution >= 0.6 is 0 Å². The summed E-state index contributed by atoms with van der Waals surface area (Å²) in [6, 6.07) is 18.4. The number of benzene rings is 2. The maximum Gasteiger partial charge on any atom is 0.338 e. The zero-order valence-electron chi connectivity index (χ0n) is 18.5. The van der Waals surface area contributed by atoms with Crippen molar-refractivity contribution in [1.82, 2.24) is 9.97 Å². The summed E-state index contributed by atoms with van der Waals surface area (Å²) in [6.45, 7) is 3.70. The van der Waals surface area contributed by atoms with Crippen LogP contribution in [0.3, 0.4) is 0 Å². The van der Waals surface area contributed by atoms with Crippen molar-refractivity contribution in [2.75, 3.05) is 12.4 Å². The Morgan fingerprint density at radius 1 is 1.06 bits per heavy atom. The van der Waals surface area contributed by atoms with Crippen LogP contribution in [0.15, 0.2) is 60.7 Å². The lowest BCUT2D eigenvalue weighted by Gasteiger charge is -2.15. The van der Waals surface area contributed by atoms with Gasteiger partial charge in [0, 0.05) is 28.8 Å². The fraction of sp³-hybridized carbons (Fsp3) is 0.160. The third kappa shape index (κ3) is 4.36. The summed E-state index contributed by atoms with van der Waals surface area (Å²) in [4.78, 5) is 32.8. The van der Waals surface area contributed by atoms with Gasteiger partial charge in [-0.1, -0.05) is 36.4 Å². The number of ether oxygens (including phenoxy) is 1. The molecule has 0 unspecified atom stereocenters. The van der Waals surface area contributed by atoms with Gasteiger partial charge in [-0.3, -0.25) is 10.1 Å². The van der Waals surface area contributed by atoms with E-state index in [4.69, 9.17) is 9.72 Å². The third-order valence-corrected chi connectivity index (χ3v) is 5.33. The smallest absolute Gasteiger partial charge is 0.338 e. The van der Waals surface area contributed by atoms with E-state index in [9.17, 15) is 14.9 Å².